The summed E-state index contributed by atoms with van der Waals surface area (Å²) in [5, 5.41) is 14.0. The molecular weight excluding hydrogens is 447 g/mol. The van der Waals surface area contributed by atoms with Crippen molar-refractivity contribution in [1.82, 2.24) is 25.3 Å². The first kappa shape index (κ1) is 23.1. The third-order valence-corrected chi connectivity index (χ3v) is 7.68. The Morgan fingerprint density at radius 2 is 1.97 bits per heavy atom. The van der Waals surface area contributed by atoms with Gasteiger partial charge in [-0.15, -0.1) is 5.10 Å². The molecule has 0 bridgehead atoms. The summed E-state index contributed by atoms with van der Waals surface area (Å²) in [5.74, 6) is 0.687. The molecule has 0 amide bonds. The van der Waals surface area contributed by atoms with E-state index in [0.29, 0.717) is 18.0 Å². The molecule has 1 saturated carbocycles. The van der Waals surface area contributed by atoms with E-state index in [1.54, 1.807) is 26.2 Å². The van der Waals surface area contributed by atoms with Gasteiger partial charge in [0.15, 0.2) is 5.82 Å². The van der Waals surface area contributed by atoms with Gasteiger partial charge in [0.1, 0.15) is 11.6 Å². The highest BCUT2D eigenvalue weighted by atomic mass is 32.2. The van der Waals surface area contributed by atoms with Crippen LogP contribution in [-0.2, 0) is 10.0 Å². The second-order valence-corrected chi connectivity index (χ2v) is 10.1. The molecule has 3 atom stereocenters. The molecule has 1 unspecified atom stereocenters. The summed E-state index contributed by atoms with van der Waals surface area (Å²) >= 11 is 0. The Labute approximate surface area is 192 Å². The SMILES string of the molecule is CCS(=O)(=O)N[C@H]1CCC(N(C)c2cc(-c3nnn[nH]3)ccc2OC)[C@@H]1c1ccc(F)cc1. The number of hydrogen-bond acceptors (Lipinski definition) is 7. The van der Waals surface area contributed by atoms with E-state index in [-0.39, 0.29) is 29.6 Å². The Balaban J connectivity index is 1.73. The maximum absolute atomic E-state index is 13.6. The van der Waals surface area contributed by atoms with Crippen molar-refractivity contribution in [2.45, 2.75) is 37.8 Å². The van der Waals surface area contributed by atoms with Crippen molar-refractivity contribution in [3.05, 3.63) is 53.8 Å². The van der Waals surface area contributed by atoms with Gasteiger partial charge < -0.3 is 9.64 Å². The maximum Gasteiger partial charge on any atom is 0.211 e. The first-order valence-corrected chi connectivity index (χ1v) is 12.4. The fraction of sp³-hybridized carbons (Fsp3) is 0.409. The molecule has 4 rings (SSSR count). The van der Waals surface area contributed by atoms with Crippen molar-refractivity contribution < 1.29 is 17.5 Å². The molecule has 0 aliphatic heterocycles. The molecule has 1 heterocycles. The highest BCUT2D eigenvalue weighted by molar-refractivity contribution is 7.89. The zero-order chi connectivity index (χ0) is 23.6. The molecule has 1 fully saturated rings. The third kappa shape index (κ3) is 4.83. The molecule has 1 aliphatic carbocycles. The molecule has 1 aromatic heterocycles. The van der Waals surface area contributed by atoms with Crippen molar-refractivity contribution in [1.29, 1.82) is 0 Å². The van der Waals surface area contributed by atoms with Gasteiger partial charge in [0.05, 0.1) is 18.6 Å². The summed E-state index contributed by atoms with van der Waals surface area (Å²) in [6.45, 7) is 1.61. The van der Waals surface area contributed by atoms with Crippen molar-refractivity contribution in [3.63, 3.8) is 0 Å². The normalized spacial score (nSPS) is 20.7. The van der Waals surface area contributed by atoms with Crippen LogP contribution in [0.3, 0.4) is 0 Å². The minimum absolute atomic E-state index is 0.00122. The number of tetrazole rings is 1. The second-order valence-electron chi connectivity index (χ2n) is 8.10. The third-order valence-electron chi connectivity index (χ3n) is 6.26. The zero-order valence-corrected chi connectivity index (χ0v) is 19.5. The van der Waals surface area contributed by atoms with E-state index >= 15 is 0 Å². The monoisotopic (exact) mass is 474 g/mol. The number of anilines is 1. The van der Waals surface area contributed by atoms with Crippen LogP contribution in [0.2, 0.25) is 0 Å². The molecule has 2 aromatic carbocycles. The summed E-state index contributed by atoms with van der Waals surface area (Å²) in [5.41, 5.74) is 2.49. The van der Waals surface area contributed by atoms with Crippen LogP contribution in [0.25, 0.3) is 11.4 Å². The minimum Gasteiger partial charge on any atom is -0.495 e. The Bertz CT molecular complexity index is 1190. The fourth-order valence-corrected chi connectivity index (χ4v) is 5.46. The highest BCUT2D eigenvalue weighted by Gasteiger charge is 2.41. The van der Waals surface area contributed by atoms with E-state index in [2.05, 4.69) is 30.2 Å². The van der Waals surface area contributed by atoms with Crippen LogP contribution < -0.4 is 14.4 Å². The number of rotatable bonds is 8. The molecule has 0 radical (unpaired) electrons. The van der Waals surface area contributed by atoms with Crippen molar-refractivity contribution in [3.8, 4) is 17.1 Å². The highest BCUT2D eigenvalue weighted by Crippen LogP contribution is 2.42. The largest absolute Gasteiger partial charge is 0.495 e. The smallest absolute Gasteiger partial charge is 0.211 e. The van der Waals surface area contributed by atoms with Crippen LogP contribution in [0.15, 0.2) is 42.5 Å². The first-order chi connectivity index (χ1) is 15.8. The standard InChI is InChI=1S/C22H27FN6O3S/c1-4-33(30,31)26-17-10-11-18(21(17)14-5-8-16(23)9-6-14)29(2)19-13-15(7-12-20(19)32-3)22-24-27-28-25-22/h5-9,12-13,17-18,21,26H,4,10-11H2,1-3H3,(H,24,25,27,28)/t17-,18?,21+/m0/s1. The molecule has 176 valence electrons. The van der Waals surface area contributed by atoms with Crippen LogP contribution in [0.4, 0.5) is 10.1 Å². The average molecular weight is 475 g/mol. The number of H-pyrrole nitrogens is 1. The average Bonchev–Trinajstić information content (AvgIpc) is 3.49. The second kappa shape index (κ2) is 9.44. The van der Waals surface area contributed by atoms with Gasteiger partial charge in [0, 0.05) is 30.6 Å². The van der Waals surface area contributed by atoms with Crippen molar-refractivity contribution in [2.75, 3.05) is 24.8 Å². The van der Waals surface area contributed by atoms with Crippen LogP contribution in [0.1, 0.15) is 31.2 Å². The molecule has 2 N–H and O–H groups in total. The van der Waals surface area contributed by atoms with Gasteiger partial charge in [-0.2, -0.15) is 0 Å². The Hall–Kier alpha value is -3.05. The number of hydrogen-bond donors (Lipinski definition) is 2. The van der Waals surface area contributed by atoms with Crippen LogP contribution >= 0.6 is 0 Å². The van der Waals surface area contributed by atoms with Gasteiger partial charge in [-0.25, -0.2) is 22.6 Å². The van der Waals surface area contributed by atoms with Gasteiger partial charge in [-0.1, -0.05) is 12.1 Å². The van der Waals surface area contributed by atoms with Gasteiger partial charge in [-0.3, -0.25) is 0 Å². The van der Waals surface area contributed by atoms with E-state index in [1.165, 1.54) is 12.1 Å². The number of halogens is 1. The lowest BCUT2D eigenvalue weighted by Crippen LogP contribution is -2.43. The lowest BCUT2D eigenvalue weighted by atomic mass is 9.90. The number of likely N-dealkylation sites (N-methyl/N-ethyl adjacent to an activating group) is 1. The van der Waals surface area contributed by atoms with Crippen LogP contribution in [0, 0.1) is 5.82 Å². The molecular formula is C22H27FN6O3S. The predicted molar refractivity (Wildman–Crippen MR) is 123 cm³/mol. The van der Waals surface area contributed by atoms with Crippen LogP contribution in [-0.4, -0.2) is 61.0 Å². The number of aromatic nitrogens is 4. The number of sulfonamides is 1. The zero-order valence-electron chi connectivity index (χ0n) is 18.7. The Kier molecular flexibility index (Phi) is 6.61. The van der Waals surface area contributed by atoms with Crippen molar-refractivity contribution in [2.24, 2.45) is 0 Å². The molecule has 1 aliphatic rings. The molecule has 0 spiro atoms. The van der Waals surface area contributed by atoms with Crippen molar-refractivity contribution >= 4 is 15.7 Å². The van der Waals surface area contributed by atoms with E-state index in [9.17, 15) is 12.8 Å². The molecule has 0 saturated heterocycles. The quantitative estimate of drug-likeness (QED) is 0.516. The molecule has 9 nitrogen and oxygen atoms in total. The Morgan fingerprint density at radius 3 is 2.61 bits per heavy atom. The summed E-state index contributed by atoms with van der Waals surface area (Å²) in [6.07, 6.45) is 1.40. The number of benzene rings is 2. The van der Waals surface area contributed by atoms with Gasteiger partial charge >= 0.3 is 0 Å². The van der Waals surface area contributed by atoms with Gasteiger partial charge in [0.2, 0.25) is 10.0 Å². The van der Waals surface area contributed by atoms with E-state index in [0.717, 1.165) is 23.2 Å². The first-order valence-electron chi connectivity index (χ1n) is 10.7. The topological polar surface area (TPSA) is 113 Å². The lowest BCUT2D eigenvalue weighted by molar-refractivity contribution is 0.412. The fourth-order valence-electron chi connectivity index (χ4n) is 4.57. The Morgan fingerprint density at radius 1 is 1.21 bits per heavy atom. The molecule has 33 heavy (non-hydrogen) atoms. The van der Waals surface area contributed by atoms with E-state index in [4.69, 9.17) is 4.74 Å². The summed E-state index contributed by atoms with van der Waals surface area (Å²) < 4.78 is 46.9. The minimum atomic E-state index is -3.41. The number of methoxy groups -OCH3 is 1. The van der Waals surface area contributed by atoms with Gasteiger partial charge in [0.25, 0.3) is 0 Å². The summed E-state index contributed by atoms with van der Waals surface area (Å²) in [6, 6.07) is 11.6. The molecule has 3 aromatic rings. The number of aromatic amines is 1. The van der Waals surface area contributed by atoms with Gasteiger partial charge in [-0.05, 0) is 66.1 Å². The molecule has 11 heteroatoms. The van der Waals surface area contributed by atoms with E-state index in [1.807, 2.05) is 25.2 Å². The number of nitrogens with one attached hydrogen (secondary N) is 2. The summed E-state index contributed by atoms with van der Waals surface area (Å²) in [7, 11) is 0.152. The number of ether oxygens (including phenoxy) is 1. The lowest BCUT2D eigenvalue weighted by Gasteiger charge is -2.35. The van der Waals surface area contributed by atoms with Crippen LogP contribution in [0.5, 0.6) is 5.75 Å². The maximum atomic E-state index is 13.6. The van der Waals surface area contributed by atoms with E-state index < -0.39 is 10.0 Å². The summed E-state index contributed by atoms with van der Waals surface area (Å²) in [4.78, 5) is 2.10. The number of nitrogens with zero attached hydrogens (tertiary/aromatic N) is 4. The predicted octanol–water partition coefficient (Wildman–Crippen LogP) is 2.70.